The fourth-order valence-corrected chi connectivity index (χ4v) is 5.67. The number of phosphoric ester groups is 1. The molecule has 1 saturated heterocycles. The van der Waals surface area contributed by atoms with E-state index in [0.29, 0.717) is 0 Å². The molecule has 3 heterocycles. The summed E-state index contributed by atoms with van der Waals surface area (Å²) in [7, 11) is -16.6. The lowest BCUT2D eigenvalue weighted by molar-refractivity contribution is -0.0463. The van der Waals surface area contributed by atoms with Crippen molar-refractivity contribution in [1.29, 1.82) is 5.41 Å². The molecule has 0 aromatic heterocycles. The largest absolute Gasteiger partial charge is 0.490 e. The molecule has 0 aromatic carbocycles. The van der Waals surface area contributed by atoms with Crippen molar-refractivity contribution in [2.45, 2.75) is 24.9 Å². The van der Waals surface area contributed by atoms with Crippen LogP contribution in [0.5, 0.6) is 0 Å². The Labute approximate surface area is 171 Å². The fraction of sp³-hybridized carbons (Fsp3) is 0.500. The summed E-state index contributed by atoms with van der Waals surface area (Å²) in [4.78, 5) is 59.7. The Morgan fingerprint density at radius 2 is 1.87 bits per heavy atom. The Morgan fingerprint density at radius 1 is 1.19 bits per heavy atom. The maximum atomic E-state index is 12.1. The van der Waals surface area contributed by atoms with Crippen LogP contribution in [0.2, 0.25) is 0 Å². The lowest BCUT2D eigenvalue weighted by Gasteiger charge is -2.24. The average Bonchev–Trinajstić information content (AvgIpc) is 3.09. The molecular weight excluding hydrogens is 491 g/mol. The van der Waals surface area contributed by atoms with Crippen LogP contribution >= 0.6 is 23.5 Å². The van der Waals surface area contributed by atoms with E-state index >= 15 is 0 Å². The number of nitrogens with zero attached hydrogens (tertiary/aromatic N) is 4. The Bertz CT molecular complexity index is 1030. The van der Waals surface area contributed by atoms with E-state index in [0.717, 1.165) is 11.2 Å². The second kappa shape index (κ2) is 8.44. The Morgan fingerprint density at radius 3 is 2.52 bits per heavy atom. The number of carbonyl (C=O) groups excluding carboxylic acids is 1. The molecule has 0 aliphatic carbocycles. The number of hydrogen-bond donors (Lipinski definition) is 6. The number of carbonyl (C=O) groups is 1. The molecule has 0 saturated carbocycles. The van der Waals surface area contributed by atoms with E-state index in [1.165, 1.54) is 0 Å². The van der Waals surface area contributed by atoms with Crippen LogP contribution in [0.15, 0.2) is 15.0 Å². The van der Waals surface area contributed by atoms with Crippen LogP contribution in [0, 0.1) is 5.41 Å². The van der Waals surface area contributed by atoms with Crippen LogP contribution in [0.1, 0.15) is 6.42 Å². The third kappa shape index (κ3) is 5.84. The van der Waals surface area contributed by atoms with Crippen molar-refractivity contribution < 1.29 is 61.1 Å². The molecule has 31 heavy (non-hydrogen) atoms. The van der Waals surface area contributed by atoms with Crippen molar-refractivity contribution in [2.24, 2.45) is 15.0 Å². The first-order valence-corrected chi connectivity index (χ1v) is 12.4. The van der Waals surface area contributed by atoms with Gasteiger partial charge in [0.15, 0.2) is 17.4 Å². The summed E-state index contributed by atoms with van der Waals surface area (Å²) < 4.78 is 50.6. The van der Waals surface area contributed by atoms with Crippen LogP contribution in [0.25, 0.3) is 0 Å². The number of aliphatic hydroxyl groups is 1. The summed E-state index contributed by atoms with van der Waals surface area (Å²) in [5.74, 6) is -0.362. The Balaban J connectivity index is 1.61. The van der Waals surface area contributed by atoms with Crippen LogP contribution in [0.4, 0.5) is 4.79 Å². The van der Waals surface area contributed by atoms with Gasteiger partial charge in [0.25, 0.3) is 0 Å². The lowest BCUT2D eigenvalue weighted by Crippen LogP contribution is -2.44. The van der Waals surface area contributed by atoms with Gasteiger partial charge in [-0.25, -0.2) is 33.4 Å². The number of hydrogen-bond acceptors (Lipinski definition) is 11. The third-order valence-corrected chi connectivity index (χ3v) is 7.56. The zero-order valence-corrected chi connectivity index (χ0v) is 17.5. The van der Waals surface area contributed by atoms with Gasteiger partial charge in [-0.15, -0.1) is 0 Å². The Hall–Kier alpha value is -1.52. The number of amidine groups is 2. The van der Waals surface area contributed by atoms with Crippen molar-refractivity contribution in [3.8, 4) is 0 Å². The van der Waals surface area contributed by atoms with E-state index in [2.05, 4.69) is 28.1 Å². The molecule has 21 heteroatoms. The number of fused-ring (bicyclic) bond motifs is 1. The first-order chi connectivity index (χ1) is 14.2. The first-order valence-electron chi connectivity index (χ1n) is 7.91. The van der Waals surface area contributed by atoms with Gasteiger partial charge in [0.2, 0.25) is 0 Å². The summed E-state index contributed by atoms with van der Waals surface area (Å²) in [6.07, 6.45) is -3.06. The van der Waals surface area contributed by atoms with Crippen LogP contribution in [-0.2, 0) is 31.6 Å². The molecule has 3 aliphatic heterocycles. The van der Waals surface area contributed by atoms with Crippen molar-refractivity contribution in [1.82, 2.24) is 4.90 Å². The van der Waals surface area contributed by atoms with Gasteiger partial charge in [-0.1, -0.05) is 0 Å². The number of aliphatic imine (C=N–C) groups is 3. The maximum Gasteiger partial charge on any atom is 0.490 e. The summed E-state index contributed by atoms with van der Waals surface area (Å²) >= 11 is 0. The highest BCUT2D eigenvalue weighted by Gasteiger charge is 2.47. The van der Waals surface area contributed by atoms with E-state index in [9.17, 15) is 28.5 Å². The zero-order valence-electron chi connectivity index (χ0n) is 14.9. The quantitative estimate of drug-likeness (QED) is 0.219. The lowest BCUT2D eigenvalue weighted by atomic mass is 10.2. The highest BCUT2D eigenvalue weighted by atomic mass is 31.3. The van der Waals surface area contributed by atoms with Crippen molar-refractivity contribution in [2.75, 3.05) is 6.61 Å². The minimum absolute atomic E-state index is 0.0456. The second-order valence-electron chi connectivity index (χ2n) is 5.98. The molecular formula is C10H14N5O13P3. The molecule has 2 amide bonds. The molecule has 0 radical (unpaired) electrons. The van der Waals surface area contributed by atoms with Crippen LogP contribution in [0.3, 0.4) is 0 Å². The van der Waals surface area contributed by atoms with E-state index in [4.69, 9.17) is 24.8 Å². The topological polar surface area (TPSA) is 271 Å². The first kappa shape index (κ1) is 24.1. The standard InChI is InChI=1S/C10H14N5O13P3/c11-8-7-9(13-3-12-8)15(10(17)14-7)6-1-4(16)5(26-6)2-25-30(21,22)28-31(23,24)27-29(18,19)20/h3-6,11,16H,1-2H2,(H,21,22)(H,23,24)(H2,18,19,20)/t4-,5+,6+/m0/s1. The van der Waals surface area contributed by atoms with Crippen molar-refractivity contribution >= 4 is 53.2 Å². The van der Waals surface area contributed by atoms with Gasteiger partial charge in [0, 0.05) is 6.42 Å². The van der Waals surface area contributed by atoms with E-state index in [1.807, 2.05) is 0 Å². The van der Waals surface area contributed by atoms with Gasteiger partial charge in [0.05, 0.1) is 12.7 Å². The molecule has 172 valence electrons. The maximum absolute atomic E-state index is 12.1. The molecule has 2 unspecified atom stereocenters. The minimum atomic E-state index is -5.69. The second-order valence-corrected chi connectivity index (χ2v) is 10.4. The van der Waals surface area contributed by atoms with Gasteiger partial charge in [-0.05, 0) is 0 Å². The van der Waals surface area contributed by atoms with Crippen molar-refractivity contribution in [3.63, 3.8) is 0 Å². The summed E-state index contributed by atoms with van der Waals surface area (Å²) in [5, 5.41) is 17.7. The molecule has 0 aromatic rings. The number of rotatable bonds is 8. The molecule has 0 spiro atoms. The normalized spacial score (nSPS) is 30.0. The molecule has 3 rings (SSSR count). The van der Waals surface area contributed by atoms with Gasteiger partial charge < -0.3 is 29.4 Å². The summed E-state index contributed by atoms with van der Waals surface area (Å²) in [5.41, 5.74) is -0.109. The summed E-state index contributed by atoms with van der Waals surface area (Å²) in [6.45, 7) is -0.902. The van der Waals surface area contributed by atoms with Crippen LogP contribution < -0.4 is 0 Å². The van der Waals surface area contributed by atoms with E-state index in [-0.39, 0.29) is 23.8 Å². The van der Waals surface area contributed by atoms with Crippen molar-refractivity contribution in [3.05, 3.63) is 0 Å². The SMILES string of the molecule is N=C1N=CN=C2C1=NC(=O)N2[C@H]1C[C@H](O)[C@@H](COP(=O)(O)OP(=O)(O)OP(=O)(O)O)O1. The molecule has 18 nitrogen and oxygen atoms in total. The predicted molar refractivity (Wildman–Crippen MR) is 97.4 cm³/mol. The number of urea groups is 1. The molecule has 3 aliphatic rings. The molecule has 1 fully saturated rings. The highest BCUT2D eigenvalue weighted by Crippen LogP contribution is 2.66. The van der Waals surface area contributed by atoms with E-state index in [1.54, 1.807) is 0 Å². The fourth-order valence-electron chi connectivity index (χ4n) is 2.64. The smallest absolute Gasteiger partial charge is 0.390 e. The number of phosphoric acid groups is 3. The number of aliphatic hydroxyl groups excluding tert-OH is 1. The van der Waals surface area contributed by atoms with Gasteiger partial charge in [0.1, 0.15) is 18.7 Å². The molecule has 6 N–H and O–H groups in total. The monoisotopic (exact) mass is 505 g/mol. The number of nitrogens with one attached hydrogen (secondary N) is 1. The average molecular weight is 505 g/mol. The van der Waals surface area contributed by atoms with Gasteiger partial charge in [-0.2, -0.15) is 13.6 Å². The minimum Gasteiger partial charge on any atom is -0.390 e. The zero-order chi connectivity index (χ0) is 23.2. The highest BCUT2D eigenvalue weighted by molar-refractivity contribution is 7.66. The Kier molecular flexibility index (Phi) is 6.57. The van der Waals surface area contributed by atoms with E-state index < -0.39 is 54.5 Å². The third-order valence-electron chi connectivity index (χ3n) is 3.75. The predicted octanol–water partition coefficient (Wildman–Crippen LogP) is -0.900. The van der Waals surface area contributed by atoms with Gasteiger partial charge >= 0.3 is 29.5 Å². The number of amides is 2. The molecule has 0 bridgehead atoms. The number of ether oxygens (including phenoxy) is 1. The van der Waals surface area contributed by atoms with Gasteiger partial charge in [-0.3, -0.25) is 9.93 Å². The summed E-state index contributed by atoms with van der Waals surface area (Å²) in [6, 6.07) is -0.852. The molecule has 5 atom stereocenters. The van der Waals surface area contributed by atoms with Crippen LogP contribution in [-0.4, -0.2) is 84.4 Å².